The van der Waals surface area contributed by atoms with Gasteiger partial charge in [-0.05, 0) is 53.6 Å². The zero-order valence-corrected chi connectivity index (χ0v) is 20.4. The lowest BCUT2D eigenvalue weighted by atomic mass is 10.1. The summed E-state index contributed by atoms with van der Waals surface area (Å²) in [6.45, 7) is 0. The predicted octanol–water partition coefficient (Wildman–Crippen LogP) is 9.55. The van der Waals surface area contributed by atoms with Gasteiger partial charge in [-0.25, -0.2) is 0 Å². The molecular weight excluding hydrogens is 460 g/mol. The maximum atomic E-state index is 8.86. The molecule has 6 aromatic carbocycles. The molecule has 0 aliphatic carbocycles. The van der Waals surface area contributed by atoms with E-state index in [-0.39, 0.29) is 24.2 Å². The molecule has 2 heteroatoms. The van der Waals surface area contributed by atoms with E-state index in [2.05, 4.69) is 89.5 Å². The van der Waals surface area contributed by atoms with Crippen LogP contribution in [0.1, 0.15) is 5.48 Å². The molecule has 2 nitrogen and oxygen atoms in total. The molecular formula is C36H24N2. The number of hydrogen-bond donors (Lipinski definition) is 0. The van der Waals surface area contributed by atoms with Gasteiger partial charge in [0.05, 0.1) is 27.5 Å². The van der Waals surface area contributed by atoms with Crippen molar-refractivity contribution in [1.29, 1.82) is 0 Å². The van der Waals surface area contributed by atoms with Gasteiger partial charge in [-0.3, -0.25) is 0 Å². The summed E-state index contributed by atoms with van der Waals surface area (Å²) < 4.78 is 38.6. The molecule has 0 spiro atoms. The Morgan fingerprint density at radius 3 is 1.82 bits per heavy atom. The van der Waals surface area contributed by atoms with Gasteiger partial charge >= 0.3 is 0 Å². The molecule has 0 aliphatic rings. The normalized spacial score (nSPS) is 13.2. The van der Waals surface area contributed by atoms with Crippen molar-refractivity contribution in [3.05, 3.63) is 145 Å². The number of fused-ring (bicyclic) bond motifs is 6. The summed E-state index contributed by atoms with van der Waals surface area (Å²) in [4.78, 5) is 0. The topological polar surface area (TPSA) is 9.86 Å². The summed E-state index contributed by atoms with van der Waals surface area (Å²) in [6.07, 6.45) is 0. The molecule has 38 heavy (non-hydrogen) atoms. The Morgan fingerprint density at radius 1 is 0.395 bits per heavy atom. The summed E-state index contributed by atoms with van der Waals surface area (Å²) in [6, 6.07) is 40.9. The second kappa shape index (κ2) is 8.22. The first-order valence-electron chi connectivity index (χ1n) is 14.7. The van der Waals surface area contributed by atoms with Crippen molar-refractivity contribution in [3.8, 4) is 22.5 Å². The smallest absolute Gasteiger partial charge is 0.0645 e. The van der Waals surface area contributed by atoms with E-state index in [1.54, 1.807) is 0 Å². The molecule has 0 fully saturated rings. The lowest BCUT2D eigenvalue weighted by Gasteiger charge is -2.12. The maximum Gasteiger partial charge on any atom is 0.0645 e. The van der Waals surface area contributed by atoms with Gasteiger partial charge in [0.15, 0.2) is 0 Å². The molecule has 0 amide bonds. The Morgan fingerprint density at radius 2 is 1.00 bits per heavy atom. The van der Waals surface area contributed by atoms with Gasteiger partial charge < -0.3 is 9.13 Å². The number of hydrogen-bond acceptors (Lipinski definition) is 0. The van der Waals surface area contributed by atoms with Gasteiger partial charge in [0.2, 0.25) is 0 Å². The second-order valence-corrected chi connectivity index (χ2v) is 9.55. The summed E-state index contributed by atoms with van der Waals surface area (Å²) in [7, 11) is 0. The SMILES string of the molecule is [2H]c1c([2H])c([2H])c2c(c1[2H])c1ccccc1n2-c1ccc2c3ccccc3n(-c3cccc(-c4ccccc4)c3)c2c1. The fraction of sp³-hybridized carbons (Fsp3) is 0. The van der Waals surface area contributed by atoms with E-state index in [0.717, 1.165) is 55.2 Å². The van der Waals surface area contributed by atoms with Crippen molar-refractivity contribution in [3.63, 3.8) is 0 Å². The minimum atomic E-state index is -0.232. The average molecular weight is 489 g/mol. The third kappa shape index (κ3) is 3.07. The molecule has 0 unspecified atom stereocenters. The zero-order valence-electron chi connectivity index (χ0n) is 24.4. The Hall–Kier alpha value is -5.08. The molecule has 8 aromatic rings. The molecule has 0 saturated heterocycles. The van der Waals surface area contributed by atoms with Crippen LogP contribution in [-0.4, -0.2) is 9.13 Å². The maximum absolute atomic E-state index is 8.86. The summed E-state index contributed by atoms with van der Waals surface area (Å²) in [5, 5.41) is 3.60. The van der Waals surface area contributed by atoms with Crippen LogP contribution in [0.15, 0.2) is 145 Å². The van der Waals surface area contributed by atoms with Crippen LogP contribution in [0.25, 0.3) is 66.1 Å². The van der Waals surface area contributed by atoms with E-state index >= 15 is 0 Å². The van der Waals surface area contributed by atoms with E-state index in [4.69, 9.17) is 5.48 Å². The van der Waals surface area contributed by atoms with E-state index in [1.807, 2.05) is 41.0 Å². The van der Waals surface area contributed by atoms with Gasteiger partial charge in [-0.1, -0.05) is 103 Å². The van der Waals surface area contributed by atoms with Crippen molar-refractivity contribution in [2.75, 3.05) is 0 Å². The standard InChI is InChI=1S/C36H24N2/c1-2-11-25(12-3-1)26-13-10-14-27(23-26)38-35-20-9-6-17-31(35)32-22-21-28(24-36(32)38)37-33-18-7-4-15-29(33)30-16-5-8-19-34(30)37/h1-24H/i4D,7D,15D,18D. The van der Waals surface area contributed by atoms with Crippen molar-refractivity contribution >= 4 is 43.6 Å². The first-order valence-corrected chi connectivity index (χ1v) is 12.7. The van der Waals surface area contributed by atoms with Crippen LogP contribution < -0.4 is 0 Å². The van der Waals surface area contributed by atoms with Gasteiger partial charge in [-0.2, -0.15) is 0 Å². The van der Waals surface area contributed by atoms with Gasteiger partial charge in [0, 0.05) is 32.9 Å². The fourth-order valence-electron chi connectivity index (χ4n) is 5.77. The van der Waals surface area contributed by atoms with Crippen LogP contribution in [0.5, 0.6) is 0 Å². The van der Waals surface area contributed by atoms with Crippen LogP contribution >= 0.6 is 0 Å². The molecule has 0 atom stereocenters. The van der Waals surface area contributed by atoms with Gasteiger partial charge in [-0.15, -0.1) is 0 Å². The number of nitrogens with zero attached hydrogens (tertiary/aromatic N) is 2. The lowest BCUT2D eigenvalue weighted by molar-refractivity contribution is 1.15. The highest BCUT2D eigenvalue weighted by Gasteiger charge is 2.16. The van der Waals surface area contributed by atoms with E-state index in [1.165, 1.54) is 0 Å². The Bertz CT molecular complexity index is 2350. The highest BCUT2D eigenvalue weighted by Crippen LogP contribution is 2.37. The van der Waals surface area contributed by atoms with E-state index in [9.17, 15) is 0 Å². The predicted molar refractivity (Wildman–Crippen MR) is 161 cm³/mol. The van der Waals surface area contributed by atoms with E-state index < -0.39 is 0 Å². The highest BCUT2D eigenvalue weighted by molar-refractivity contribution is 6.12. The van der Waals surface area contributed by atoms with E-state index in [0.29, 0.717) is 10.9 Å². The molecule has 0 N–H and O–H groups in total. The molecule has 0 radical (unpaired) electrons. The zero-order chi connectivity index (χ0) is 28.5. The molecule has 0 aliphatic heterocycles. The summed E-state index contributed by atoms with van der Waals surface area (Å²) in [5.74, 6) is 0. The fourth-order valence-corrected chi connectivity index (χ4v) is 5.77. The second-order valence-electron chi connectivity index (χ2n) is 9.55. The Kier molecular flexibility index (Phi) is 3.76. The molecule has 2 heterocycles. The molecule has 2 aromatic heterocycles. The first-order chi connectivity index (χ1) is 20.5. The largest absolute Gasteiger partial charge is 0.309 e. The third-order valence-corrected chi connectivity index (χ3v) is 7.43. The minimum absolute atomic E-state index is 0.0196. The summed E-state index contributed by atoms with van der Waals surface area (Å²) >= 11 is 0. The average Bonchev–Trinajstić information content (AvgIpc) is 3.56. The molecule has 8 rings (SSSR count). The lowest BCUT2D eigenvalue weighted by Crippen LogP contribution is -1.97. The third-order valence-electron chi connectivity index (χ3n) is 7.43. The van der Waals surface area contributed by atoms with Crippen LogP contribution in [-0.2, 0) is 0 Å². The number of rotatable bonds is 3. The van der Waals surface area contributed by atoms with Crippen LogP contribution in [0, 0.1) is 0 Å². The Labute approximate surface area is 226 Å². The minimum Gasteiger partial charge on any atom is -0.309 e. The van der Waals surface area contributed by atoms with Crippen molar-refractivity contribution in [1.82, 2.24) is 9.13 Å². The monoisotopic (exact) mass is 488 g/mol. The number of benzene rings is 6. The summed E-state index contributed by atoms with van der Waals surface area (Å²) in [5.41, 5.74) is 7.60. The van der Waals surface area contributed by atoms with Crippen LogP contribution in [0.2, 0.25) is 0 Å². The van der Waals surface area contributed by atoms with Crippen molar-refractivity contribution in [2.45, 2.75) is 0 Å². The Balaban J connectivity index is 1.46. The van der Waals surface area contributed by atoms with Gasteiger partial charge in [0.1, 0.15) is 0 Å². The van der Waals surface area contributed by atoms with Crippen molar-refractivity contribution in [2.24, 2.45) is 0 Å². The van der Waals surface area contributed by atoms with Gasteiger partial charge in [0.25, 0.3) is 0 Å². The first kappa shape index (κ1) is 17.4. The number of aromatic nitrogens is 2. The quantitative estimate of drug-likeness (QED) is 0.234. The molecule has 0 saturated carbocycles. The molecule has 178 valence electrons. The van der Waals surface area contributed by atoms with Crippen LogP contribution in [0.3, 0.4) is 0 Å². The number of para-hydroxylation sites is 3. The highest BCUT2D eigenvalue weighted by atomic mass is 15.0. The molecule has 0 bridgehead atoms. The van der Waals surface area contributed by atoms with Crippen LogP contribution in [0.4, 0.5) is 0 Å². The van der Waals surface area contributed by atoms with Crippen molar-refractivity contribution < 1.29 is 5.48 Å².